The average molecular weight is 337 g/mol. The quantitative estimate of drug-likeness (QED) is 0.792. The minimum Gasteiger partial charge on any atom is -0.478 e. The van der Waals surface area contributed by atoms with E-state index in [-0.39, 0.29) is 17.0 Å². The van der Waals surface area contributed by atoms with Crippen LogP contribution in [-0.4, -0.2) is 25.7 Å². The number of benzene rings is 2. The molecule has 2 aromatic carbocycles. The predicted octanol–water partition coefficient (Wildman–Crippen LogP) is 2.59. The van der Waals surface area contributed by atoms with Gasteiger partial charge in [-0.2, -0.15) is 0 Å². The number of carboxylic acid groups (broad SMARTS) is 1. The molecule has 0 aliphatic rings. The molecule has 116 valence electrons. The summed E-state index contributed by atoms with van der Waals surface area (Å²) in [6, 6.07) is 12.7. The molecular formula is C15H15NO4S2. The topological polar surface area (TPSA) is 83.5 Å². The van der Waals surface area contributed by atoms with Crippen molar-refractivity contribution in [2.75, 3.05) is 6.26 Å². The molecule has 2 N–H and O–H groups in total. The van der Waals surface area contributed by atoms with Gasteiger partial charge in [0.25, 0.3) is 0 Å². The number of thioether (sulfide) groups is 1. The summed E-state index contributed by atoms with van der Waals surface area (Å²) in [5.74, 6) is -1.09. The van der Waals surface area contributed by atoms with Gasteiger partial charge in [-0.1, -0.05) is 12.1 Å². The van der Waals surface area contributed by atoms with Crippen LogP contribution in [0.2, 0.25) is 0 Å². The zero-order valence-electron chi connectivity index (χ0n) is 11.8. The van der Waals surface area contributed by atoms with Crippen molar-refractivity contribution < 1.29 is 18.3 Å². The van der Waals surface area contributed by atoms with Crippen LogP contribution in [0.4, 0.5) is 0 Å². The van der Waals surface area contributed by atoms with Gasteiger partial charge in [0.05, 0.1) is 10.5 Å². The first-order valence-corrected chi connectivity index (χ1v) is 9.09. The smallest absolute Gasteiger partial charge is 0.335 e. The average Bonchev–Trinajstić information content (AvgIpc) is 2.53. The Morgan fingerprint density at radius 2 is 1.68 bits per heavy atom. The lowest BCUT2D eigenvalue weighted by atomic mass is 10.2. The van der Waals surface area contributed by atoms with Crippen LogP contribution in [-0.2, 0) is 16.6 Å². The van der Waals surface area contributed by atoms with Crippen LogP contribution in [0, 0.1) is 0 Å². The van der Waals surface area contributed by atoms with Gasteiger partial charge in [0.2, 0.25) is 10.0 Å². The van der Waals surface area contributed by atoms with Gasteiger partial charge in [0.15, 0.2) is 0 Å². The Morgan fingerprint density at radius 1 is 1.09 bits per heavy atom. The third-order valence-corrected chi connectivity index (χ3v) is 5.20. The van der Waals surface area contributed by atoms with Crippen molar-refractivity contribution in [2.24, 2.45) is 0 Å². The molecule has 0 aromatic heterocycles. The van der Waals surface area contributed by atoms with Gasteiger partial charge >= 0.3 is 5.97 Å². The summed E-state index contributed by atoms with van der Waals surface area (Å²) >= 11 is 1.62. The number of sulfonamides is 1. The van der Waals surface area contributed by atoms with Crippen molar-refractivity contribution in [3.63, 3.8) is 0 Å². The molecule has 0 unspecified atom stereocenters. The number of aromatic carboxylic acids is 1. The summed E-state index contributed by atoms with van der Waals surface area (Å²) in [5, 5.41) is 8.81. The summed E-state index contributed by atoms with van der Waals surface area (Å²) in [6.45, 7) is 0.178. The van der Waals surface area contributed by atoms with E-state index in [0.29, 0.717) is 0 Å². The Morgan fingerprint density at radius 3 is 2.18 bits per heavy atom. The van der Waals surface area contributed by atoms with E-state index in [4.69, 9.17) is 5.11 Å². The molecule has 0 amide bonds. The van der Waals surface area contributed by atoms with E-state index in [1.54, 1.807) is 11.8 Å². The molecule has 2 aromatic rings. The number of carbonyl (C=O) groups is 1. The van der Waals surface area contributed by atoms with Crippen molar-refractivity contribution >= 4 is 27.8 Å². The second kappa shape index (κ2) is 6.95. The summed E-state index contributed by atoms with van der Waals surface area (Å²) in [5.41, 5.74) is 0.898. The lowest BCUT2D eigenvalue weighted by Crippen LogP contribution is -2.23. The van der Waals surface area contributed by atoms with E-state index in [2.05, 4.69) is 4.72 Å². The van der Waals surface area contributed by atoms with Crippen molar-refractivity contribution in [1.29, 1.82) is 0 Å². The number of rotatable bonds is 6. The fraction of sp³-hybridized carbons (Fsp3) is 0.133. The third kappa shape index (κ3) is 4.09. The Labute approximate surface area is 133 Å². The molecule has 2 rings (SSSR count). The summed E-state index contributed by atoms with van der Waals surface area (Å²) in [6.07, 6.45) is 1.97. The molecule has 0 saturated carbocycles. The summed E-state index contributed by atoms with van der Waals surface area (Å²) < 4.78 is 26.8. The molecule has 0 fully saturated rings. The zero-order valence-corrected chi connectivity index (χ0v) is 13.4. The predicted molar refractivity (Wildman–Crippen MR) is 85.6 cm³/mol. The van der Waals surface area contributed by atoms with Crippen molar-refractivity contribution in [2.45, 2.75) is 16.3 Å². The van der Waals surface area contributed by atoms with Crippen molar-refractivity contribution in [1.82, 2.24) is 4.72 Å². The second-order valence-electron chi connectivity index (χ2n) is 4.50. The molecule has 0 aliphatic heterocycles. The van der Waals surface area contributed by atoms with Gasteiger partial charge in [-0.3, -0.25) is 0 Å². The van der Waals surface area contributed by atoms with E-state index >= 15 is 0 Å². The van der Waals surface area contributed by atoms with E-state index in [9.17, 15) is 13.2 Å². The lowest BCUT2D eigenvalue weighted by molar-refractivity contribution is 0.0696. The van der Waals surface area contributed by atoms with Crippen LogP contribution < -0.4 is 4.72 Å². The molecular weight excluding hydrogens is 322 g/mol. The second-order valence-corrected chi connectivity index (χ2v) is 7.15. The molecule has 0 bridgehead atoms. The number of hydrogen-bond donors (Lipinski definition) is 2. The highest BCUT2D eigenvalue weighted by atomic mass is 32.2. The van der Waals surface area contributed by atoms with Gasteiger partial charge in [-0.25, -0.2) is 17.9 Å². The van der Waals surface area contributed by atoms with Crippen LogP contribution in [0.15, 0.2) is 58.3 Å². The lowest BCUT2D eigenvalue weighted by Gasteiger charge is -2.07. The van der Waals surface area contributed by atoms with Crippen molar-refractivity contribution in [3.8, 4) is 0 Å². The summed E-state index contributed by atoms with van der Waals surface area (Å²) in [7, 11) is -3.66. The highest BCUT2D eigenvalue weighted by Crippen LogP contribution is 2.16. The van der Waals surface area contributed by atoms with Crippen LogP contribution in [0.5, 0.6) is 0 Å². The van der Waals surface area contributed by atoms with E-state index < -0.39 is 16.0 Å². The maximum Gasteiger partial charge on any atom is 0.335 e. The molecule has 0 spiro atoms. The van der Waals surface area contributed by atoms with Gasteiger partial charge in [0, 0.05) is 11.4 Å². The first-order chi connectivity index (χ1) is 10.4. The maximum absolute atomic E-state index is 12.1. The Bertz CT molecular complexity index is 753. The normalized spacial score (nSPS) is 11.3. The molecule has 0 radical (unpaired) electrons. The number of nitrogens with one attached hydrogen (secondary N) is 1. The molecule has 0 saturated heterocycles. The third-order valence-electron chi connectivity index (χ3n) is 3.04. The van der Waals surface area contributed by atoms with Gasteiger partial charge in [0.1, 0.15) is 0 Å². The first kappa shape index (κ1) is 16.5. The maximum atomic E-state index is 12.1. The van der Waals surface area contributed by atoms with Crippen LogP contribution >= 0.6 is 11.8 Å². The van der Waals surface area contributed by atoms with Crippen LogP contribution in [0.3, 0.4) is 0 Å². The van der Waals surface area contributed by atoms with E-state index in [1.165, 1.54) is 24.3 Å². The number of hydrogen-bond acceptors (Lipinski definition) is 4. The Balaban J connectivity index is 2.08. The molecule has 0 atom stereocenters. The number of carboxylic acids is 1. The largest absolute Gasteiger partial charge is 0.478 e. The molecule has 0 aliphatic carbocycles. The first-order valence-electron chi connectivity index (χ1n) is 6.38. The van der Waals surface area contributed by atoms with Gasteiger partial charge < -0.3 is 5.11 Å². The zero-order chi connectivity index (χ0) is 16.2. The standard InChI is InChI=1S/C15H15NO4S2/c1-21-13-6-2-11(3-7-13)10-16-22(19,20)14-8-4-12(5-9-14)15(17)18/h2-9,16H,10H2,1H3,(H,17,18). The fourth-order valence-corrected chi connectivity index (χ4v) is 3.21. The highest BCUT2D eigenvalue weighted by molar-refractivity contribution is 7.98. The fourth-order valence-electron chi connectivity index (χ4n) is 1.78. The molecule has 22 heavy (non-hydrogen) atoms. The van der Waals surface area contributed by atoms with Crippen LogP contribution in [0.25, 0.3) is 0 Å². The highest BCUT2D eigenvalue weighted by Gasteiger charge is 2.14. The van der Waals surface area contributed by atoms with Gasteiger partial charge in [-0.15, -0.1) is 11.8 Å². The summed E-state index contributed by atoms with van der Waals surface area (Å²) in [4.78, 5) is 11.9. The van der Waals surface area contributed by atoms with Gasteiger partial charge in [-0.05, 0) is 48.2 Å². The van der Waals surface area contributed by atoms with E-state index in [1.807, 2.05) is 30.5 Å². The Hall–Kier alpha value is -1.83. The van der Waals surface area contributed by atoms with E-state index in [0.717, 1.165) is 10.5 Å². The molecule has 5 nitrogen and oxygen atoms in total. The minimum atomic E-state index is -3.66. The van der Waals surface area contributed by atoms with Crippen LogP contribution in [0.1, 0.15) is 15.9 Å². The molecule has 0 heterocycles. The molecule has 7 heteroatoms. The monoisotopic (exact) mass is 337 g/mol. The SMILES string of the molecule is CSc1ccc(CNS(=O)(=O)c2ccc(C(=O)O)cc2)cc1. The Kier molecular flexibility index (Phi) is 5.23. The van der Waals surface area contributed by atoms with Crippen molar-refractivity contribution in [3.05, 3.63) is 59.7 Å². The minimum absolute atomic E-state index is 0.0400.